The molecule has 0 radical (unpaired) electrons. The van der Waals surface area contributed by atoms with Crippen LogP contribution in [0.5, 0.6) is 5.75 Å². The molecule has 0 heterocycles. The zero-order valence-electron chi connectivity index (χ0n) is 13.1. The van der Waals surface area contributed by atoms with Gasteiger partial charge in [0.25, 0.3) is 10.0 Å². The minimum absolute atomic E-state index is 0.0934. The van der Waals surface area contributed by atoms with Crippen molar-refractivity contribution >= 4 is 33.3 Å². The smallest absolute Gasteiger partial charge is 0.343 e. The molecule has 2 rings (SSSR count). The molecule has 0 spiro atoms. The third-order valence-electron chi connectivity index (χ3n) is 3.11. The fourth-order valence-electron chi connectivity index (χ4n) is 1.92. The van der Waals surface area contributed by atoms with Gasteiger partial charge in [0.05, 0.1) is 17.7 Å². The summed E-state index contributed by atoms with van der Waals surface area (Å²) < 4.78 is 37.2. The van der Waals surface area contributed by atoms with Gasteiger partial charge in [-0.15, -0.1) is 0 Å². The highest BCUT2D eigenvalue weighted by Crippen LogP contribution is 2.24. The number of anilines is 1. The highest BCUT2D eigenvalue weighted by Gasteiger charge is 2.17. The number of hydrogen-bond donors (Lipinski definition) is 1. The number of rotatable bonds is 6. The molecule has 1 N–H and O–H groups in total. The molecule has 0 bridgehead atoms. The Labute approximate surface area is 145 Å². The molecule has 8 heteroatoms. The van der Waals surface area contributed by atoms with E-state index >= 15 is 0 Å². The van der Waals surface area contributed by atoms with Crippen molar-refractivity contribution in [1.29, 1.82) is 0 Å². The second-order valence-corrected chi connectivity index (χ2v) is 7.00. The van der Waals surface area contributed by atoms with Gasteiger partial charge in [-0.1, -0.05) is 23.7 Å². The minimum Gasteiger partial charge on any atom is -0.482 e. The van der Waals surface area contributed by atoms with E-state index in [1.807, 2.05) is 0 Å². The van der Waals surface area contributed by atoms with Crippen molar-refractivity contribution in [2.24, 2.45) is 0 Å². The van der Waals surface area contributed by atoms with E-state index in [1.54, 1.807) is 37.3 Å². The summed E-state index contributed by atoms with van der Waals surface area (Å²) in [6.45, 7) is 1.42. The standard InChI is InChI=1S/C16H16ClNO5S/c1-11-6-7-12(17)8-15(11)24(20,21)18-13-4-3-5-14(9-13)23-10-16(19)22-2/h3-9,18H,10H2,1-2H3. The van der Waals surface area contributed by atoms with E-state index in [2.05, 4.69) is 9.46 Å². The number of ether oxygens (including phenoxy) is 2. The first kappa shape index (κ1) is 18.1. The third-order valence-corrected chi connectivity index (χ3v) is 4.87. The van der Waals surface area contributed by atoms with Crippen LogP contribution in [0.15, 0.2) is 47.4 Å². The molecule has 0 unspecified atom stereocenters. The summed E-state index contributed by atoms with van der Waals surface area (Å²) in [5, 5.41) is 0.330. The average molecular weight is 370 g/mol. The molecule has 0 aliphatic heterocycles. The quantitative estimate of drug-likeness (QED) is 0.791. The van der Waals surface area contributed by atoms with E-state index in [1.165, 1.54) is 19.2 Å². The molecule has 128 valence electrons. The lowest BCUT2D eigenvalue weighted by Crippen LogP contribution is -2.15. The van der Waals surface area contributed by atoms with Gasteiger partial charge in [0, 0.05) is 11.1 Å². The number of nitrogens with one attached hydrogen (secondary N) is 1. The number of halogens is 1. The lowest BCUT2D eigenvalue weighted by Gasteiger charge is -2.12. The van der Waals surface area contributed by atoms with Gasteiger partial charge in [-0.2, -0.15) is 0 Å². The Bertz CT molecular complexity index is 851. The number of methoxy groups -OCH3 is 1. The van der Waals surface area contributed by atoms with Gasteiger partial charge in [0.15, 0.2) is 6.61 Å². The first-order chi connectivity index (χ1) is 11.3. The molecule has 0 aliphatic carbocycles. The van der Waals surface area contributed by atoms with Crippen LogP contribution >= 0.6 is 11.6 Å². The van der Waals surface area contributed by atoms with E-state index in [0.717, 1.165) is 0 Å². The summed E-state index contributed by atoms with van der Waals surface area (Å²) in [7, 11) is -2.55. The van der Waals surface area contributed by atoms with Crippen molar-refractivity contribution in [2.75, 3.05) is 18.4 Å². The number of esters is 1. The summed E-state index contributed by atoms with van der Waals surface area (Å²) in [6.07, 6.45) is 0. The topological polar surface area (TPSA) is 81.7 Å². The Hall–Kier alpha value is -2.25. The molecule has 0 fully saturated rings. The molecule has 24 heavy (non-hydrogen) atoms. The number of aryl methyl sites for hydroxylation is 1. The van der Waals surface area contributed by atoms with E-state index in [4.69, 9.17) is 16.3 Å². The van der Waals surface area contributed by atoms with Gasteiger partial charge in [0.1, 0.15) is 5.75 Å². The van der Waals surface area contributed by atoms with Crippen LogP contribution in [0.3, 0.4) is 0 Å². The van der Waals surface area contributed by atoms with Gasteiger partial charge in [0.2, 0.25) is 0 Å². The van der Waals surface area contributed by atoms with Crippen LogP contribution in [-0.4, -0.2) is 28.1 Å². The lowest BCUT2D eigenvalue weighted by molar-refractivity contribution is -0.142. The van der Waals surface area contributed by atoms with E-state index in [0.29, 0.717) is 22.0 Å². The Kier molecular flexibility index (Phi) is 5.69. The van der Waals surface area contributed by atoms with Crippen LogP contribution in [0.1, 0.15) is 5.56 Å². The van der Waals surface area contributed by atoms with Crippen molar-refractivity contribution in [1.82, 2.24) is 0 Å². The molecule has 0 atom stereocenters. The normalized spacial score (nSPS) is 11.0. The molecule has 0 saturated carbocycles. The molecule has 2 aromatic rings. The van der Waals surface area contributed by atoms with Crippen molar-refractivity contribution in [2.45, 2.75) is 11.8 Å². The fourth-order valence-corrected chi connectivity index (χ4v) is 3.48. The molecule has 0 amide bonds. The van der Waals surface area contributed by atoms with Gasteiger partial charge in [-0.3, -0.25) is 4.72 Å². The van der Waals surface area contributed by atoms with Crippen molar-refractivity contribution in [3.8, 4) is 5.75 Å². The van der Waals surface area contributed by atoms with E-state index in [9.17, 15) is 13.2 Å². The van der Waals surface area contributed by atoms with Crippen LogP contribution < -0.4 is 9.46 Å². The van der Waals surface area contributed by atoms with Crippen LogP contribution in [0.2, 0.25) is 5.02 Å². The third kappa shape index (κ3) is 4.62. The van der Waals surface area contributed by atoms with Crippen LogP contribution in [-0.2, 0) is 19.6 Å². The SMILES string of the molecule is COC(=O)COc1cccc(NS(=O)(=O)c2cc(Cl)ccc2C)c1. The number of sulfonamides is 1. The largest absolute Gasteiger partial charge is 0.482 e. The van der Waals surface area contributed by atoms with Crippen molar-refractivity contribution < 1.29 is 22.7 Å². The first-order valence-corrected chi connectivity index (χ1v) is 8.76. The molecular formula is C16H16ClNO5S. The molecule has 2 aromatic carbocycles. The summed E-state index contributed by atoms with van der Waals surface area (Å²) in [6, 6.07) is 10.9. The molecule has 0 saturated heterocycles. The Morgan fingerprint density at radius 3 is 2.67 bits per heavy atom. The zero-order chi connectivity index (χ0) is 17.7. The first-order valence-electron chi connectivity index (χ1n) is 6.90. The van der Waals surface area contributed by atoms with Gasteiger partial charge < -0.3 is 9.47 Å². The number of hydrogen-bond acceptors (Lipinski definition) is 5. The Morgan fingerprint density at radius 1 is 1.21 bits per heavy atom. The maximum atomic E-state index is 12.5. The highest BCUT2D eigenvalue weighted by atomic mass is 35.5. The summed E-state index contributed by atoms with van der Waals surface area (Å²) in [5.41, 5.74) is 0.877. The zero-order valence-corrected chi connectivity index (χ0v) is 14.6. The second kappa shape index (κ2) is 7.55. The maximum absolute atomic E-state index is 12.5. The van der Waals surface area contributed by atoms with Crippen LogP contribution in [0.25, 0.3) is 0 Å². The number of benzene rings is 2. The maximum Gasteiger partial charge on any atom is 0.343 e. The average Bonchev–Trinajstić information content (AvgIpc) is 2.54. The predicted molar refractivity (Wildman–Crippen MR) is 91.0 cm³/mol. The van der Waals surface area contributed by atoms with Gasteiger partial charge in [-0.05, 0) is 36.8 Å². The van der Waals surface area contributed by atoms with Crippen molar-refractivity contribution in [3.05, 3.63) is 53.1 Å². The second-order valence-electron chi connectivity index (χ2n) is 4.91. The predicted octanol–water partition coefficient (Wildman–Crippen LogP) is 3.00. The summed E-state index contributed by atoms with van der Waals surface area (Å²) in [5.74, 6) is -0.195. The van der Waals surface area contributed by atoms with Crippen molar-refractivity contribution in [3.63, 3.8) is 0 Å². The monoisotopic (exact) mass is 369 g/mol. The number of carbonyl (C=O) groups excluding carboxylic acids is 1. The highest BCUT2D eigenvalue weighted by molar-refractivity contribution is 7.92. The lowest BCUT2D eigenvalue weighted by atomic mass is 10.2. The van der Waals surface area contributed by atoms with E-state index in [-0.39, 0.29) is 11.5 Å². The van der Waals surface area contributed by atoms with Crippen LogP contribution in [0, 0.1) is 6.92 Å². The van der Waals surface area contributed by atoms with Crippen LogP contribution in [0.4, 0.5) is 5.69 Å². The molecule has 0 aromatic heterocycles. The Balaban J connectivity index is 2.21. The number of carbonyl (C=O) groups is 1. The van der Waals surface area contributed by atoms with Gasteiger partial charge >= 0.3 is 5.97 Å². The molecular weight excluding hydrogens is 354 g/mol. The fraction of sp³-hybridized carbons (Fsp3) is 0.188. The minimum atomic E-state index is -3.80. The summed E-state index contributed by atoms with van der Waals surface area (Å²) >= 11 is 5.88. The van der Waals surface area contributed by atoms with Gasteiger partial charge in [-0.25, -0.2) is 13.2 Å². The summed E-state index contributed by atoms with van der Waals surface area (Å²) in [4.78, 5) is 11.2. The molecule has 6 nitrogen and oxygen atoms in total. The van der Waals surface area contributed by atoms with E-state index < -0.39 is 16.0 Å². The Morgan fingerprint density at radius 2 is 1.96 bits per heavy atom. The molecule has 0 aliphatic rings.